The third kappa shape index (κ3) is 3.16. The fraction of sp³-hybridized carbons (Fsp3) is 0.667. The number of rotatable bonds is 3. The van der Waals surface area contributed by atoms with Gasteiger partial charge in [-0.3, -0.25) is 4.79 Å². The Morgan fingerprint density at radius 3 is 2.74 bits per heavy atom. The third-order valence-electron chi connectivity index (χ3n) is 2.88. The molecule has 0 unspecified atom stereocenters. The van der Waals surface area contributed by atoms with Gasteiger partial charge in [-0.1, -0.05) is 11.3 Å². The van der Waals surface area contributed by atoms with Gasteiger partial charge in [0.25, 0.3) is 5.91 Å². The molecule has 1 fully saturated rings. The number of carbonyl (C=O) groups is 1. The maximum absolute atomic E-state index is 12.5. The zero-order valence-electron chi connectivity index (χ0n) is 11.5. The fourth-order valence-electron chi connectivity index (χ4n) is 2.20. The molecule has 0 aromatic carbocycles. The highest BCUT2D eigenvalue weighted by atomic mass is 32.1. The first kappa shape index (κ1) is 14.1. The van der Waals surface area contributed by atoms with E-state index in [9.17, 15) is 4.79 Å². The third-order valence-corrected chi connectivity index (χ3v) is 3.90. The molecular weight excluding hydrogens is 264 g/mol. The van der Waals surface area contributed by atoms with Crippen LogP contribution in [0.4, 0.5) is 10.9 Å². The quantitative estimate of drug-likeness (QED) is 0.877. The minimum atomic E-state index is -0.0545. The summed E-state index contributed by atoms with van der Waals surface area (Å²) in [6.07, 6.45) is 0.102. The smallest absolute Gasteiger partial charge is 0.268 e. The molecule has 0 spiro atoms. The number of hydrogen-bond donors (Lipinski definition) is 2. The number of thiazole rings is 1. The number of nitrogens with two attached hydrogens (primary N) is 1. The van der Waals surface area contributed by atoms with Gasteiger partial charge < -0.3 is 20.7 Å². The van der Waals surface area contributed by atoms with Gasteiger partial charge >= 0.3 is 0 Å². The van der Waals surface area contributed by atoms with Gasteiger partial charge in [-0.15, -0.1) is 0 Å². The Labute approximate surface area is 116 Å². The largest absolute Gasteiger partial charge is 0.382 e. The summed E-state index contributed by atoms with van der Waals surface area (Å²) in [7, 11) is 0. The maximum Gasteiger partial charge on any atom is 0.268 e. The molecule has 2 heterocycles. The SMILES string of the molecule is CCNc1nc(N)c(C(=O)N2C[C@@H](C)O[C@@H](C)C2)s1. The lowest BCUT2D eigenvalue weighted by Gasteiger charge is -2.35. The van der Waals surface area contributed by atoms with E-state index >= 15 is 0 Å². The molecule has 1 amide bonds. The van der Waals surface area contributed by atoms with E-state index in [-0.39, 0.29) is 18.1 Å². The van der Waals surface area contributed by atoms with E-state index in [2.05, 4.69) is 10.3 Å². The van der Waals surface area contributed by atoms with E-state index < -0.39 is 0 Å². The van der Waals surface area contributed by atoms with Crippen LogP contribution in [-0.2, 0) is 4.74 Å². The van der Waals surface area contributed by atoms with Crippen LogP contribution in [0.1, 0.15) is 30.4 Å². The van der Waals surface area contributed by atoms with E-state index in [1.165, 1.54) is 11.3 Å². The van der Waals surface area contributed by atoms with Gasteiger partial charge in [0.15, 0.2) is 5.13 Å². The first-order valence-corrected chi connectivity index (χ1v) is 7.27. The van der Waals surface area contributed by atoms with Crippen molar-refractivity contribution in [1.82, 2.24) is 9.88 Å². The van der Waals surface area contributed by atoms with E-state index in [1.807, 2.05) is 20.8 Å². The Morgan fingerprint density at radius 2 is 2.16 bits per heavy atom. The van der Waals surface area contributed by atoms with Gasteiger partial charge in [-0.2, -0.15) is 0 Å². The molecule has 1 aromatic heterocycles. The van der Waals surface area contributed by atoms with Crippen LogP contribution in [0.25, 0.3) is 0 Å². The molecule has 1 saturated heterocycles. The van der Waals surface area contributed by atoms with Crippen molar-refractivity contribution >= 4 is 28.2 Å². The molecule has 0 saturated carbocycles. The number of amides is 1. The van der Waals surface area contributed by atoms with Gasteiger partial charge in [-0.05, 0) is 20.8 Å². The molecule has 3 N–H and O–H groups in total. The van der Waals surface area contributed by atoms with Crippen LogP contribution in [0.3, 0.4) is 0 Å². The number of carbonyl (C=O) groups excluding carboxylic acids is 1. The number of nitrogens with zero attached hydrogens (tertiary/aromatic N) is 2. The van der Waals surface area contributed by atoms with Crippen LogP contribution in [0.15, 0.2) is 0 Å². The summed E-state index contributed by atoms with van der Waals surface area (Å²) in [6.45, 7) is 7.86. The average molecular weight is 284 g/mol. The van der Waals surface area contributed by atoms with Crippen LogP contribution >= 0.6 is 11.3 Å². The average Bonchev–Trinajstić information content (AvgIpc) is 2.68. The monoisotopic (exact) mass is 284 g/mol. The molecule has 2 atom stereocenters. The lowest BCUT2D eigenvalue weighted by atomic mass is 10.2. The zero-order chi connectivity index (χ0) is 14.0. The second-order valence-corrected chi connectivity index (χ2v) is 5.73. The topological polar surface area (TPSA) is 80.5 Å². The molecule has 0 bridgehead atoms. The van der Waals surface area contributed by atoms with Crippen molar-refractivity contribution < 1.29 is 9.53 Å². The summed E-state index contributed by atoms with van der Waals surface area (Å²) in [5.74, 6) is 0.249. The number of ether oxygens (including phenoxy) is 1. The molecule has 0 radical (unpaired) electrons. The molecule has 7 heteroatoms. The van der Waals surface area contributed by atoms with Gasteiger partial charge in [0.05, 0.1) is 12.2 Å². The summed E-state index contributed by atoms with van der Waals surface area (Å²) in [5, 5.41) is 3.77. The van der Waals surface area contributed by atoms with Gasteiger partial charge in [0.1, 0.15) is 10.7 Å². The second kappa shape index (κ2) is 5.75. The van der Waals surface area contributed by atoms with Crippen molar-refractivity contribution in [3.8, 4) is 0 Å². The van der Waals surface area contributed by atoms with E-state index in [4.69, 9.17) is 10.5 Å². The van der Waals surface area contributed by atoms with Gasteiger partial charge in [0.2, 0.25) is 0 Å². The van der Waals surface area contributed by atoms with Crippen molar-refractivity contribution in [2.24, 2.45) is 0 Å². The minimum absolute atomic E-state index is 0.0510. The molecule has 106 valence electrons. The van der Waals surface area contributed by atoms with Crippen LogP contribution in [-0.4, -0.2) is 47.6 Å². The van der Waals surface area contributed by atoms with Crippen molar-refractivity contribution in [2.75, 3.05) is 30.7 Å². The Morgan fingerprint density at radius 1 is 1.53 bits per heavy atom. The lowest BCUT2D eigenvalue weighted by Crippen LogP contribution is -2.48. The molecule has 2 rings (SSSR count). The first-order chi connectivity index (χ1) is 9.01. The zero-order valence-corrected chi connectivity index (χ0v) is 12.3. The fourth-order valence-corrected chi connectivity index (χ4v) is 3.12. The normalized spacial score (nSPS) is 23.4. The molecule has 19 heavy (non-hydrogen) atoms. The number of hydrogen-bond acceptors (Lipinski definition) is 6. The standard InChI is InChI=1S/C12H20N4O2S/c1-4-14-12-15-10(13)9(19-12)11(17)16-5-7(2)18-8(3)6-16/h7-8H,4-6,13H2,1-3H3,(H,14,15)/t7-,8+. The Kier molecular flexibility index (Phi) is 4.26. The number of nitrogens with one attached hydrogen (secondary N) is 1. The Hall–Kier alpha value is -1.34. The number of nitrogen functional groups attached to an aromatic ring is 1. The van der Waals surface area contributed by atoms with Crippen LogP contribution < -0.4 is 11.1 Å². The van der Waals surface area contributed by atoms with Crippen molar-refractivity contribution in [3.63, 3.8) is 0 Å². The molecule has 6 nitrogen and oxygen atoms in total. The van der Waals surface area contributed by atoms with Crippen molar-refractivity contribution in [2.45, 2.75) is 33.0 Å². The lowest BCUT2D eigenvalue weighted by molar-refractivity contribution is -0.0584. The predicted molar refractivity (Wildman–Crippen MR) is 76.6 cm³/mol. The highest BCUT2D eigenvalue weighted by molar-refractivity contribution is 7.18. The van der Waals surface area contributed by atoms with Crippen molar-refractivity contribution in [3.05, 3.63) is 4.88 Å². The predicted octanol–water partition coefficient (Wildman–Crippen LogP) is 1.41. The molecule has 1 aromatic rings. The van der Waals surface area contributed by atoms with Gasteiger partial charge in [0, 0.05) is 19.6 Å². The molecular formula is C12H20N4O2S. The summed E-state index contributed by atoms with van der Waals surface area (Å²) < 4.78 is 5.63. The molecule has 1 aliphatic heterocycles. The van der Waals surface area contributed by atoms with E-state index in [0.29, 0.717) is 28.9 Å². The number of morpholine rings is 1. The highest BCUT2D eigenvalue weighted by Crippen LogP contribution is 2.27. The Balaban J connectivity index is 2.14. The Bertz CT molecular complexity index is 453. The maximum atomic E-state index is 12.5. The van der Waals surface area contributed by atoms with E-state index in [0.717, 1.165) is 6.54 Å². The second-order valence-electron chi connectivity index (χ2n) is 4.73. The summed E-state index contributed by atoms with van der Waals surface area (Å²) in [5.41, 5.74) is 5.83. The van der Waals surface area contributed by atoms with Crippen LogP contribution in [0, 0.1) is 0 Å². The van der Waals surface area contributed by atoms with E-state index in [1.54, 1.807) is 4.90 Å². The molecule has 0 aliphatic carbocycles. The van der Waals surface area contributed by atoms with Crippen LogP contribution in [0.5, 0.6) is 0 Å². The molecule has 1 aliphatic rings. The summed E-state index contributed by atoms with van der Waals surface area (Å²) in [6, 6.07) is 0. The summed E-state index contributed by atoms with van der Waals surface area (Å²) >= 11 is 1.31. The summed E-state index contributed by atoms with van der Waals surface area (Å²) in [4.78, 5) is 18.9. The van der Waals surface area contributed by atoms with Crippen molar-refractivity contribution in [1.29, 1.82) is 0 Å². The van der Waals surface area contributed by atoms with Gasteiger partial charge in [-0.25, -0.2) is 4.98 Å². The number of aromatic nitrogens is 1. The number of anilines is 2. The van der Waals surface area contributed by atoms with Crippen LogP contribution in [0.2, 0.25) is 0 Å². The highest BCUT2D eigenvalue weighted by Gasteiger charge is 2.29. The first-order valence-electron chi connectivity index (χ1n) is 6.46. The minimum Gasteiger partial charge on any atom is -0.382 e.